The Hall–Kier alpha value is -0.610. The molecule has 0 saturated carbocycles. The van der Waals surface area contributed by atoms with Crippen molar-refractivity contribution in [1.82, 2.24) is 0 Å². The summed E-state index contributed by atoms with van der Waals surface area (Å²) in [5.74, 6) is -0.632. The highest BCUT2D eigenvalue weighted by atomic mass is 32.2. The van der Waals surface area contributed by atoms with Gasteiger partial charge in [-0.05, 0) is 17.9 Å². The molecule has 1 unspecified atom stereocenters. The van der Waals surface area contributed by atoms with Gasteiger partial charge in [0.05, 0.1) is 6.10 Å². The third kappa shape index (κ3) is 3.27. The average Bonchev–Trinajstić information content (AvgIpc) is 2.10. The fourth-order valence-electron chi connectivity index (χ4n) is 1.19. The number of hydrogen-bond donors (Lipinski definition) is 1. The molecule has 1 aromatic rings. The number of rotatable bonds is 4. The predicted octanol–water partition coefficient (Wildman–Crippen LogP) is 2.23. The highest BCUT2D eigenvalue weighted by molar-refractivity contribution is 7.98. The van der Waals surface area contributed by atoms with Gasteiger partial charge >= 0.3 is 0 Å². The Balaban J connectivity index is 2.67. The average molecular weight is 218 g/mol. The molecule has 0 aliphatic rings. The van der Waals surface area contributed by atoms with Crippen molar-refractivity contribution in [1.29, 1.82) is 0 Å². The smallest absolute Gasteiger partial charge is 0.129 e. The van der Waals surface area contributed by atoms with Crippen molar-refractivity contribution in [3.8, 4) is 0 Å². The first-order chi connectivity index (χ1) is 6.63. The van der Waals surface area contributed by atoms with Crippen molar-refractivity contribution in [3.05, 3.63) is 35.4 Å². The molecular formula is C10H12F2OS. The second-order valence-corrected chi connectivity index (χ2v) is 3.96. The summed E-state index contributed by atoms with van der Waals surface area (Å²) in [6, 6.07) is 3.40. The monoisotopic (exact) mass is 218 g/mol. The van der Waals surface area contributed by atoms with Crippen molar-refractivity contribution >= 4 is 11.8 Å². The molecule has 0 aliphatic carbocycles. The van der Waals surface area contributed by atoms with Gasteiger partial charge in [0.15, 0.2) is 0 Å². The molecule has 0 heterocycles. The van der Waals surface area contributed by atoms with Crippen LogP contribution in [0.1, 0.15) is 5.56 Å². The first-order valence-corrected chi connectivity index (χ1v) is 5.64. The molecular weight excluding hydrogens is 206 g/mol. The first kappa shape index (κ1) is 11.5. The largest absolute Gasteiger partial charge is 0.392 e. The van der Waals surface area contributed by atoms with E-state index in [1.807, 2.05) is 6.26 Å². The lowest BCUT2D eigenvalue weighted by molar-refractivity contribution is 0.199. The van der Waals surface area contributed by atoms with Gasteiger partial charge in [-0.25, -0.2) is 8.78 Å². The summed E-state index contributed by atoms with van der Waals surface area (Å²) in [6.07, 6.45) is 1.52. The molecule has 0 radical (unpaired) electrons. The molecule has 0 aliphatic heterocycles. The standard InChI is InChI=1S/C10H12F2OS/c1-14-6-9(13)4-7-2-3-8(11)5-10(7)12/h2-3,5,9,13H,4,6H2,1H3. The van der Waals surface area contributed by atoms with Gasteiger partial charge in [0.1, 0.15) is 11.6 Å². The zero-order valence-corrected chi connectivity index (χ0v) is 8.65. The Kier molecular flexibility index (Phi) is 4.35. The molecule has 0 saturated heterocycles. The van der Waals surface area contributed by atoms with Crippen LogP contribution in [-0.4, -0.2) is 23.2 Å². The minimum Gasteiger partial charge on any atom is -0.392 e. The van der Waals surface area contributed by atoms with E-state index < -0.39 is 17.7 Å². The maximum absolute atomic E-state index is 13.1. The van der Waals surface area contributed by atoms with Crippen molar-refractivity contribution in [2.45, 2.75) is 12.5 Å². The molecule has 0 bridgehead atoms. The van der Waals surface area contributed by atoms with Crippen molar-refractivity contribution in [2.24, 2.45) is 0 Å². The van der Waals surface area contributed by atoms with Gasteiger partial charge in [-0.1, -0.05) is 6.07 Å². The van der Waals surface area contributed by atoms with Crippen LogP contribution in [0.25, 0.3) is 0 Å². The van der Waals surface area contributed by atoms with Gasteiger partial charge in [0.2, 0.25) is 0 Å². The summed E-state index contributed by atoms with van der Waals surface area (Å²) in [5.41, 5.74) is 0.355. The molecule has 78 valence electrons. The predicted molar refractivity (Wildman–Crippen MR) is 54.5 cm³/mol. The van der Waals surface area contributed by atoms with Gasteiger partial charge in [-0.2, -0.15) is 11.8 Å². The van der Waals surface area contributed by atoms with Crippen LogP contribution < -0.4 is 0 Å². The SMILES string of the molecule is CSCC(O)Cc1ccc(F)cc1F. The summed E-state index contributed by atoms with van der Waals surface area (Å²) in [6.45, 7) is 0. The lowest BCUT2D eigenvalue weighted by Crippen LogP contribution is -2.14. The quantitative estimate of drug-likeness (QED) is 0.836. The minimum absolute atomic E-state index is 0.229. The highest BCUT2D eigenvalue weighted by Gasteiger charge is 2.09. The van der Waals surface area contributed by atoms with Crippen LogP contribution in [0.2, 0.25) is 0 Å². The number of thioether (sulfide) groups is 1. The van der Waals surface area contributed by atoms with Crippen LogP contribution in [0, 0.1) is 11.6 Å². The number of hydrogen-bond acceptors (Lipinski definition) is 2. The zero-order chi connectivity index (χ0) is 10.6. The molecule has 0 fully saturated rings. The number of aliphatic hydroxyl groups is 1. The van der Waals surface area contributed by atoms with Gasteiger partial charge in [-0.3, -0.25) is 0 Å². The first-order valence-electron chi connectivity index (χ1n) is 4.24. The summed E-state index contributed by atoms with van der Waals surface area (Å²) < 4.78 is 25.6. The Morgan fingerprint density at radius 1 is 1.43 bits per heavy atom. The number of benzene rings is 1. The zero-order valence-electron chi connectivity index (χ0n) is 7.84. The fourth-order valence-corrected chi connectivity index (χ4v) is 1.70. The molecule has 1 nitrogen and oxygen atoms in total. The molecule has 1 rings (SSSR count). The fraction of sp³-hybridized carbons (Fsp3) is 0.400. The van der Waals surface area contributed by atoms with Crippen LogP contribution in [0.5, 0.6) is 0 Å². The minimum atomic E-state index is -0.592. The van der Waals surface area contributed by atoms with E-state index in [9.17, 15) is 13.9 Å². The molecule has 4 heteroatoms. The van der Waals surface area contributed by atoms with Crippen molar-refractivity contribution in [2.75, 3.05) is 12.0 Å². The lowest BCUT2D eigenvalue weighted by Gasteiger charge is -2.09. The van der Waals surface area contributed by atoms with Gasteiger partial charge < -0.3 is 5.11 Å². The van der Waals surface area contributed by atoms with E-state index in [0.29, 0.717) is 11.3 Å². The molecule has 0 amide bonds. The van der Waals surface area contributed by atoms with E-state index in [0.717, 1.165) is 6.07 Å². The third-order valence-corrected chi connectivity index (χ3v) is 2.55. The van der Waals surface area contributed by atoms with E-state index in [1.54, 1.807) is 0 Å². The van der Waals surface area contributed by atoms with E-state index in [2.05, 4.69) is 0 Å². The summed E-state index contributed by atoms with van der Waals surface area (Å²) in [7, 11) is 0. The third-order valence-electron chi connectivity index (χ3n) is 1.83. The Morgan fingerprint density at radius 2 is 2.14 bits per heavy atom. The summed E-state index contributed by atoms with van der Waals surface area (Å²) in [5, 5.41) is 9.42. The Labute approximate surface area is 86.1 Å². The van der Waals surface area contributed by atoms with E-state index in [4.69, 9.17) is 0 Å². The van der Waals surface area contributed by atoms with Gasteiger partial charge in [-0.15, -0.1) is 0 Å². The number of halogens is 2. The topological polar surface area (TPSA) is 20.2 Å². The molecule has 14 heavy (non-hydrogen) atoms. The van der Waals surface area contributed by atoms with E-state index in [1.165, 1.54) is 23.9 Å². The number of aliphatic hydroxyl groups excluding tert-OH is 1. The summed E-state index contributed by atoms with van der Waals surface area (Å²) >= 11 is 1.49. The molecule has 1 N–H and O–H groups in total. The lowest BCUT2D eigenvalue weighted by atomic mass is 10.1. The molecule has 0 spiro atoms. The normalized spacial score (nSPS) is 12.9. The van der Waals surface area contributed by atoms with Gasteiger partial charge in [0, 0.05) is 18.2 Å². The van der Waals surface area contributed by atoms with E-state index in [-0.39, 0.29) is 6.42 Å². The molecule has 1 aromatic carbocycles. The second kappa shape index (κ2) is 5.32. The maximum atomic E-state index is 13.1. The van der Waals surface area contributed by atoms with Crippen LogP contribution in [0.4, 0.5) is 8.78 Å². The highest BCUT2D eigenvalue weighted by Crippen LogP contribution is 2.13. The van der Waals surface area contributed by atoms with E-state index >= 15 is 0 Å². The van der Waals surface area contributed by atoms with Crippen LogP contribution in [-0.2, 0) is 6.42 Å². The van der Waals surface area contributed by atoms with Crippen LogP contribution in [0.15, 0.2) is 18.2 Å². The Bertz CT molecular complexity index is 304. The maximum Gasteiger partial charge on any atom is 0.129 e. The molecule has 0 aromatic heterocycles. The summed E-state index contributed by atoms with van der Waals surface area (Å²) in [4.78, 5) is 0. The van der Waals surface area contributed by atoms with Crippen molar-refractivity contribution < 1.29 is 13.9 Å². The van der Waals surface area contributed by atoms with Crippen LogP contribution in [0.3, 0.4) is 0 Å². The van der Waals surface area contributed by atoms with Gasteiger partial charge in [0.25, 0.3) is 0 Å². The Morgan fingerprint density at radius 3 is 2.71 bits per heavy atom. The second-order valence-electron chi connectivity index (χ2n) is 3.05. The van der Waals surface area contributed by atoms with Crippen molar-refractivity contribution in [3.63, 3.8) is 0 Å². The van der Waals surface area contributed by atoms with Crippen LogP contribution >= 0.6 is 11.8 Å². The molecule has 1 atom stereocenters.